The predicted octanol–water partition coefficient (Wildman–Crippen LogP) is 3.13. The Morgan fingerprint density at radius 3 is 2.75 bits per heavy atom. The molecule has 0 aliphatic rings. The fourth-order valence-electron chi connectivity index (χ4n) is 1.59. The van der Waals surface area contributed by atoms with Gasteiger partial charge in [0.05, 0.1) is 8.66 Å². The molecule has 0 bridgehead atoms. The van der Waals surface area contributed by atoms with Gasteiger partial charge in [-0.25, -0.2) is 4.98 Å². The minimum Gasteiger partial charge on any atom is -0.306 e. The molecule has 16 heavy (non-hydrogen) atoms. The molecule has 0 unspecified atom stereocenters. The SMILES string of the molecule is CCc1c(C)nc(-c2ccc(Br)s2)[nH]c1=O. The van der Waals surface area contributed by atoms with Gasteiger partial charge in [0.15, 0.2) is 5.82 Å². The molecule has 0 saturated heterocycles. The van der Waals surface area contributed by atoms with E-state index in [4.69, 9.17) is 0 Å². The van der Waals surface area contributed by atoms with E-state index >= 15 is 0 Å². The Balaban J connectivity index is 2.56. The Labute approximate surface area is 106 Å². The van der Waals surface area contributed by atoms with Crippen LogP contribution in [0.1, 0.15) is 18.2 Å². The van der Waals surface area contributed by atoms with Crippen molar-refractivity contribution in [1.29, 1.82) is 0 Å². The fraction of sp³-hybridized carbons (Fsp3) is 0.273. The lowest BCUT2D eigenvalue weighted by atomic mass is 10.2. The molecule has 0 atom stereocenters. The summed E-state index contributed by atoms with van der Waals surface area (Å²) in [7, 11) is 0. The van der Waals surface area contributed by atoms with E-state index in [1.165, 1.54) is 0 Å². The Morgan fingerprint density at radius 2 is 2.25 bits per heavy atom. The highest BCUT2D eigenvalue weighted by Crippen LogP contribution is 2.28. The molecule has 3 nitrogen and oxygen atoms in total. The summed E-state index contributed by atoms with van der Waals surface area (Å²) in [4.78, 5) is 20.0. The van der Waals surface area contributed by atoms with Crippen molar-refractivity contribution in [3.8, 4) is 10.7 Å². The number of hydrogen-bond acceptors (Lipinski definition) is 3. The maximum absolute atomic E-state index is 11.8. The van der Waals surface area contributed by atoms with Gasteiger partial charge in [0, 0.05) is 11.3 Å². The zero-order valence-electron chi connectivity index (χ0n) is 9.00. The second-order valence-electron chi connectivity index (χ2n) is 3.44. The van der Waals surface area contributed by atoms with E-state index in [0.29, 0.717) is 12.2 Å². The number of H-pyrrole nitrogens is 1. The maximum Gasteiger partial charge on any atom is 0.254 e. The van der Waals surface area contributed by atoms with Gasteiger partial charge >= 0.3 is 0 Å². The predicted molar refractivity (Wildman–Crippen MR) is 70.0 cm³/mol. The minimum absolute atomic E-state index is 0.0328. The highest BCUT2D eigenvalue weighted by atomic mass is 79.9. The molecule has 2 rings (SSSR count). The Bertz CT molecular complexity index is 574. The number of nitrogens with zero attached hydrogens (tertiary/aromatic N) is 1. The van der Waals surface area contributed by atoms with Crippen LogP contribution in [0, 0.1) is 6.92 Å². The van der Waals surface area contributed by atoms with Crippen molar-refractivity contribution in [2.45, 2.75) is 20.3 Å². The van der Waals surface area contributed by atoms with Crippen molar-refractivity contribution < 1.29 is 0 Å². The van der Waals surface area contributed by atoms with Gasteiger partial charge in [-0.1, -0.05) is 6.92 Å². The number of aromatic amines is 1. The number of halogens is 1. The van der Waals surface area contributed by atoms with Crippen LogP contribution in [-0.4, -0.2) is 9.97 Å². The first-order chi connectivity index (χ1) is 7.61. The molecular formula is C11H11BrN2OS. The molecule has 2 heterocycles. The van der Waals surface area contributed by atoms with Crippen molar-refractivity contribution in [2.24, 2.45) is 0 Å². The van der Waals surface area contributed by atoms with Gasteiger partial charge in [-0.3, -0.25) is 4.79 Å². The van der Waals surface area contributed by atoms with Crippen LogP contribution in [0.2, 0.25) is 0 Å². The van der Waals surface area contributed by atoms with E-state index in [1.807, 2.05) is 26.0 Å². The second-order valence-corrected chi connectivity index (χ2v) is 5.90. The highest BCUT2D eigenvalue weighted by molar-refractivity contribution is 9.11. The third-order valence-corrected chi connectivity index (χ3v) is 4.01. The smallest absolute Gasteiger partial charge is 0.254 e. The topological polar surface area (TPSA) is 45.8 Å². The third kappa shape index (κ3) is 2.10. The number of hydrogen-bond donors (Lipinski definition) is 1. The van der Waals surface area contributed by atoms with E-state index in [9.17, 15) is 4.79 Å². The van der Waals surface area contributed by atoms with Crippen molar-refractivity contribution in [2.75, 3.05) is 0 Å². The number of aryl methyl sites for hydroxylation is 1. The van der Waals surface area contributed by atoms with Gasteiger partial charge in [-0.2, -0.15) is 0 Å². The van der Waals surface area contributed by atoms with Crippen LogP contribution in [0.15, 0.2) is 20.7 Å². The second kappa shape index (κ2) is 4.51. The summed E-state index contributed by atoms with van der Waals surface area (Å²) in [6, 6.07) is 3.89. The van der Waals surface area contributed by atoms with E-state index in [-0.39, 0.29) is 5.56 Å². The number of thiophene rings is 1. The minimum atomic E-state index is -0.0328. The molecule has 2 aromatic heterocycles. The van der Waals surface area contributed by atoms with Crippen LogP contribution in [0.25, 0.3) is 10.7 Å². The maximum atomic E-state index is 11.8. The lowest BCUT2D eigenvalue weighted by molar-refractivity contribution is 0.970. The molecular weight excluding hydrogens is 288 g/mol. The van der Waals surface area contributed by atoms with Crippen molar-refractivity contribution in [3.05, 3.63) is 37.5 Å². The molecule has 0 radical (unpaired) electrons. The van der Waals surface area contributed by atoms with Gasteiger partial charge < -0.3 is 4.98 Å². The Morgan fingerprint density at radius 1 is 1.50 bits per heavy atom. The van der Waals surface area contributed by atoms with Crippen LogP contribution in [0.3, 0.4) is 0 Å². The zero-order chi connectivity index (χ0) is 11.7. The normalized spacial score (nSPS) is 10.7. The Kier molecular flexibility index (Phi) is 3.25. The summed E-state index contributed by atoms with van der Waals surface area (Å²) in [6.45, 7) is 3.83. The van der Waals surface area contributed by atoms with Gasteiger partial charge in [0.1, 0.15) is 0 Å². The number of aromatic nitrogens is 2. The molecule has 84 valence electrons. The first-order valence-corrected chi connectivity index (χ1v) is 6.58. The summed E-state index contributed by atoms with van der Waals surface area (Å²) >= 11 is 4.95. The Hall–Kier alpha value is -0.940. The molecule has 0 spiro atoms. The average molecular weight is 299 g/mol. The molecule has 0 aliphatic heterocycles. The van der Waals surface area contributed by atoms with E-state index in [2.05, 4.69) is 25.9 Å². The molecule has 5 heteroatoms. The van der Waals surface area contributed by atoms with Gasteiger partial charge in [-0.05, 0) is 41.4 Å². The zero-order valence-corrected chi connectivity index (χ0v) is 11.4. The largest absolute Gasteiger partial charge is 0.306 e. The first kappa shape index (κ1) is 11.5. The average Bonchev–Trinajstić information content (AvgIpc) is 2.64. The fourth-order valence-corrected chi connectivity index (χ4v) is 2.92. The molecule has 0 aromatic carbocycles. The quantitative estimate of drug-likeness (QED) is 0.926. The summed E-state index contributed by atoms with van der Waals surface area (Å²) in [5, 5.41) is 0. The van der Waals surface area contributed by atoms with Crippen LogP contribution in [0.4, 0.5) is 0 Å². The molecule has 0 saturated carbocycles. The van der Waals surface area contributed by atoms with Crippen LogP contribution >= 0.6 is 27.3 Å². The monoisotopic (exact) mass is 298 g/mol. The standard InChI is InChI=1S/C11H11BrN2OS/c1-3-7-6(2)13-10(14-11(7)15)8-4-5-9(12)16-8/h4-5H,3H2,1-2H3,(H,13,14,15). The number of rotatable bonds is 2. The van der Waals surface area contributed by atoms with Crippen LogP contribution < -0.4 is 5.56 Å². The molecule has 1 N–H and O–H groups in total. The van der Waals surface area contributed by atoms with Gasteiger partial charge in [-0.15, -0.1) is 11.3 Å². The van der Waals surface area contributed by atoms with Crippen molar-refractivity contribution >= 4 is 27.3 Å². The lowest BCUT2D eigenvalue weighted by Gasteiger charge is -2.03. The van der Waals surface area contributed by atoms with E-state index in [0.717, 1.165) is 19.9 Å². The summed E-state index contributed by atoms with van der Waals surface area (Å²) in [6.07, 6.45) is 0.711. The number of nitrogens with one attached hydrogen (secondary N) is 1. The van der Waals surface area contributed by atoms with Crippen LogP contribution in [-0.2, 0) is 6.42 Å². The lowest BCUT2D eigenvalue weighted by Crippen LogP contribution is -2.16. The van der Waals surface area contributed by atoms with Crippen LogP contribution in [0.5, 0.6) is 0 Å². The summed E-state index contributed by atoms with van der Waals surface area (Å²) in [5.74, 6) is 0.649. The summed E-state index contributed by atoms with van der Waals surface area (Å²) < 4.78 is 1.03. The molecule has 2 aromatic rings. The van der Waals surface area contributed by atoms with E-state index in [1.54, 1.807) is 11.3 Å². The van der Waals surface area contributed by atoms with Gasteiger partial charge in [0.2, 0.25) is 0 Å². The summed E-state index contributed by atoms with van der Waals surface area (Å²) in [5.41, 5.74) is 1.54. The highest BCUT2D eigenvalue weighted by Gasteiger charge is 2.09. The molecule has 0 amide bonds. The van der Waals surface area contributed by atoms with Gasteiger partial charge in [0.25, 0.3) is 5.56 Å². The third-order valence-electron chi connectivity index (χ3n) is 2.38. The van der Waals surface area contributed by atoms with Crippen molar-refractivity contribution in [3.63, 3.8) is 0 Å². The van der Waals surface area contributed by atoms with Crippen molar-refractivity contribution in [1.82, 2.24) is 9.97 Å². The van der Waals surface area contributed by atoms with E-state index < -0.39 is 0 Å². The molecule has 0 aliphatic carbocycles. The molecule has 0 fully saturated rings. The first-order valence-electron chi connectivity index (χ1n) is 4.97.